The van der Waals surface area contributed by atoms with Crippen LogP contribution < -0.4 is 5.32 Å². The fraction of sp³-hybridized carbons (Fsp3) is 0.714. The van der Waals surface area contributed by atoms with E-state index in [2.05, 4.69) is 10.5 Å². The monoisotopic (exact) mass is 376 g/mol. The van der Waals surface area contributed by atoms with Crippen molar-refractivity contribution in [3.05, 3.63) is 18.0 Å². The standard InChI is InChI=1S/C21H32N2O4/c1-4-14(2)17(15(3)24)13-19(25)18(12-16-8-6-5-7-9-16)23-21(26)20-10-11-22-27-20/h10-11,14,16-18H,4-9,12-13H2,1-3H3,(H,23,26)/t14-,17-,18-/m0/s1. The molecule has 0 aliphatic heterocycles. The Hall–Kier alpha value is -1.98. The van der Waals surface area contributed by atoms with Crippen LogP contribution in [0.15, 0.2) is 16.8 Å². The van der Waals surface area contributed by atoms with Gasteiger partial charge in [0.05, 0.1) is 12.2 Å². The van der Waals surface area contributed by atoms with Crippen molar-refractivity contribution in [1.29, 1.82) is 0 Å². The zero-order valence-corrected chi connectivity index (χ0v) is 16.7. The van der Waals surface area contributed by atoms with Gasteiger partial charge < -0.3 is 9.84 Å². The lowest BCUT2D eigenvalue weighted by Crippen LogP contribution is -2.43. The molecule has 0 spiro atoms. The number of amides is 1. The molecule has 1 aliphatic rings. The number of aromatic nitrogens is 1. The second-order valence-corrected chi connectivity index (χ2v) is 7.92. The Morgan fingerprint density at radius 2 is 1.96 bits per heavy atom. The van der Waals surface area contributed by atoms with Gasteiger partial charge in [0.15, 0.2) is 5.78 Å². The molecule has 2 rings (SSSR count). The Bertz CT molecular complexity index is 620. The Balaban J connectivity index is 2.09. The SMILES string of the molecule is CC[C@H](C)[C@H](CC(=O)[C@H](CC1CCCCC1)NC(=O)c1ccno1)C(C)=O. The number of nitrogens with one attached hydrogen (secondary N) is 1. The normalized spacial score (nSPS) is 18.5. The highest BCUT2D eigenvalue weighted by atomic mass is 16.5. The van der Waals surface area contributed by atoms with Crippen LogP contribution in [0.25, 0.3) is 0 Å². The maximum atomic E-state index is 13.0. The number of carbonyl (C=O) groups excluding carboxylic acids is 3. The van der Waals surface area contributed by atoms with Crippen molar-refractivity contribution in [3.63, 3.8) is 0 Å². The fourth-order valence-electron chi connectivity index (χ4n) is 3.98. The summed E-state index contributed by atoms with van der Waals surface area (Å²) >= 11 is 0. The van der Waals surface area contributed by atoms with E-state index in [4.69, 9.17) is 4.52 Å². The van der Waals surface area contributed by atoms with Crippen LogP contribution in [0, 0.1) is 17.8 Å². The van der Waals surface area contributed by atoms with E-state index in [1.807, 2.05) is 13.8 Å². The zero-order chi connectivity index (χ0) is 19.8. The summed E-state index contributed by atoms with van der Waals surface area (Å²) in [6.07, 6.45) is 8.81. The van der Waals surface area contributed by atoms with Gasteiger partial charge in [-0.1, -0.05) is 57.5 Å². The van der Waals surface area contributed by atoms with Gasteiger partial charge in [-0.2, -0.15) is 0 Å². The number of ketones is 2. The number of rotatable bonds is 10. The Kier molecular flexibility index (Phi) is 8.20. The minimum atomic E-state index is -0.586. The average Bonchev–Trinajstić information content (AvgIpc) is 3.20. The quantitative estimate of drug-likeness (QED) is 0.668. The molecule has 1 amide bonds. The molecule has 0 bridgehead atoms. The number of Topliss-reactive ketones (excluding diaryl/α,β-unsaturated/α-hetero) is 2. The molecule has 3 atom stereocenters. The molecule has 1 saturated carbocycles. The first-order valence-corrected chi connectivity index (χ1v) is 10.2. The van der Waals surface area contributed by atoms with Crippen LogP contribution in [0.1, 0.15) is 82.7 Å². The van der Waals surface area contributed by atoms with Crippen molar-refractivity contribution < 1.29 is 18.9 Å². The van der Waals surface area contributed by atoms with E-state index < -0.39 is 11.9 Å². The third-order valence-corrected chi connectivity index (χ3v) is 5.92. The fourth-order valence-corrected chi connectivity index (χ4v) is 3.98. The number of carbonyl (C=O) groups is 3. The van der Waals surface area contributed by atoms with E-state index in [1.54, 1.807) is 6.92 Å². The first kappa shape index (κ1) is 21.3. The summed E-state index contributed by atoms with van der Waals surface area (Å²) in [6, 6.07) is 0.895. The number of nitrogens with zero attached hydrogens (tertiary/aromatic N) is 1. The van der Waals surface area contributed by atoms with Crippen LogP contribution in [-0.4, -0.2) is 28.7 Å². The first-order valence-electron chi connectivity index (χ1n) is 10.2. The van der Waals surface area contributed by atoms with E-state index in [0.29, 0.717) is 12.3 Å². The molecule has 27 heavy (non-hydrogen) atoms. The molecular weight excluding hydrogens is 344 g/mol. The van der Waals surface area contributed by atoms with Crippen LogP contribution in [0.2, 0.25) is 0 Å². The molecule has 6 nitrogen and oxygen atoms in total. The van der Waals surface area contributed by atoms with Gasteiger partial charge in [-0.3, -0.25) is 14.4 Å². The smallest absolute Gasteiger partial charge is 0.290 e. The maximum Gasteiger partial charge on any atom is 0.290 e. The summed E-state index contributed by atoms with van der Waals surface area (Å²) in [6.45, 7) is 5.58. The average molecular weight is 376 g/mol. The largest absolute Gasteiger partial charge is 0.351 e. The van der Waals surface area contributed by atoms with E-state index in [0.717, 1.165) is 19.3 Å². The van der Waals surface area contributed by atoms with Gasteiger partial charge in [0.25, 0.3) is 5.91 Å². The number of hydrogen-bond donors (Lipinski definition) is 1. The van der Waals surface area contributed by atoms with E-state index in [1.165, 1.54) is 31.5 Å². The van der Waals surface area contributed by atoms with Gasteiger partial charge in [-0.15, -0.1) is 0 Å². The van der Waals surface area contributed by atoms with Gasteiger partial charge in [0.1, 0.15) is 5.78 Å². The Morgan fingerprint density at radius 1 is 1.26 bits per heavy atom. The lowest BCUT2D eigenvalue weighted by molar-refractivity contribution is -0.129. The van der Waals surface area contributed by atoms with Crippen LogP contribution in [-0.2, 0) is 9.59 Å². The van der Waals surface area contributed by atoms with Crippen molar-refractivity contribution in [3.8, 4) is 0 Å². The highest BCUT2D eigenvalue weighted by Crippen LogP contribution is 2.29. The lowest BCUT2D eigenvalue weighted by Gasteiger charge is -2.28. The molecular formula is C21H32N2O4. The molecule has 0 saturated heterocycles. The third kappa shape index (κ3) is 6.29. The molecule has 1 aromatic rings. The van der Waals surface area contributed by atoms with Gasteiger partial charge in [-0.25, -0.2) is 0 Å². The highest BCUT2D eigenvalue weighted by molar-refractivity contribution is 5.97. The van der Waals surface area contributed by atoms with Gasteiger partial charge >= 0.3 is 0 Å². The highest BCUT2D eigenvalue weighted by Gasteiger charge is 2.31. The third-order valence-electron chi connectivity index (χ3n) is 5.92. The van der Waals surface area contributed by atoms with Crippen molar-refractivity contribution in [1.82, 2.24) is 10.5 Å². The Labute approximate surface area is 161 Å². The second-order valence-electron chi connectivity index (χ2n) is 7.92. The van der Waals surface area contributed by atoms with Gasteiger partial charge in [0.2, 0.25) is 5.76 Å². The topological polar surface area (TPSA) is 89.3 Å². The predicted molar refractivity (Wildman–Crippen MR) is 102 cm³/mol. The van der Waals surface area contributed by atoms with E-state index >= 15 is 0 Å². The summed E-state index contributed by atoms with van der Waals surface area (Å²) in [5.74, 6) is -0.0666. The zero-order valence-electron chi connectivity index (χ0n) is 16.7. The van der Waals surface area contributed by atoms with Crippen molar-refractivity contribution in [2.45, 2.75) is 78.2 Å². The second kappa shape index (κ2) is 10.4. The minimum Gasteiger partial charge on any atom is -0.351 e. The molecule has 1 aromatic heterocycles. The van der Waals surface area contributed by atoms with E-state index in [-0.39, 0.29) is 35.6 Å². The summed E-state index contributed by atoms with van der Waals surface area (Å²) in [5, 5.41) is 6.39. The maximum absolute atomic E-state index is 13.0. The summed E-state index contributed by atoms with van der Waals surface area (Å²) in [7, 11) is 0. The molecule has 1 heterocycles. The molecule has 0 unspecified atom stereocenters. The summed E-state index contributed by atoms with van der Waals surface area (Å²) < 4.78 is 4.91. The molecule has 6 heteroatoms. The lowest BCUT2D eigenvalue weighted by atomic mass is 9.80. The molecule has 0 aromatic carbocycles. The van der Waals surface area contributed by atoms with Crippen molar-refractivity contribution in [2.75, 3.05) is 0 Å². The molecule has 1 N–H and O–H groups in total. The molecule has 1 fully saturated rings. The Morgan fingerprint density at radius 3 is 2.52 bits per heavy atom. The molecule has 150 valence electrons. The molecule has 0 radical (unpaired) electrons. The van der Waals surface area contributed by atoms with Crippen molar-refractivity contribution in [2.24, 2.45) is 17.8 Å². The van der Waals surface area contributed by atoms with Crippen LogP contribution in [0.4, 0.5) is 0 Å². The molecule has 1 aliphatic carbocycles. The summed E-state index contributed by atoms with van der Waals surface area (Å²) in [4.78, 5) is 37.5. The van der Waals surface area contributed by atoms with Crippen LogP contribution >= 0.6 is 0 Å². The first-order chi connectivity index (χ1) is 12.9. The van der Waals surface area contributed by atoms with Crippen molar-refractivity contribution >= 4 is 17.5 Å². The van der Waals surface area contributed by atoms with Crippen LogP contribution in [0.5, 0.6) is 0 Å². The summed E-state index contributed by atoms with van der Waals surface area (Å²) in [5.41, 5.74) is 0. The minimum absolute atomic E-state index is 0.0377. The van der Waals surface area contributed by atoms with Crippen LogP contribution in [0.3, 0.4) is 0 Å². The van der Waals surface area contributed by atoms with E-state index in [9.17, 15) is 14.4 Å². The predicted octanol–water partition coefficient (Wildman–Crippen LogP) is 3.95. The van der Waals surface area contributed by atoms with Gasteiger partial charge in [0, 0.05) is 18.4 Å². The van der Waals surface area contributed by atoms with Gasteiger partial charge in [-0.05, 0) is 25.2 Å². The number of hydrogen-bond acceptors (Lipinski definition) is 5.